The Morgan fingerprint density at radius 3 is 2.80 bits per heavy atom. The Hall–Kier alpha value is -2.59. The molecule has 1 fully saturated rings. The van der Waals surface area contributed by atoms with Crippen LogP contribution in [-0.2, 0) is 6.54 Å². The number of nitrogens with zero attached hydrogens (tertiary/aromatic N) is 1. The Morgan fingerprint density at radius 2 is 2.00 bits per heavy atom. The van der Waals surface area contributed by atoms with Crippen molar-refractivity contribution in [2.45, 2.75) is 18.9 Å². The number of hydrogen-bond donors (Lipinski definition) is 0. The molecule has 1 atom stereocenters. The maximum Gasteiger partial charge on any atom is 0.336 e. The van der Waals surface area contributed by atoms with Gasteiger partial charge in [0.25, 0.3) is 0 Å². The average molecular weight is 335 g/mol. The highest BCUT2D eigenvalue weighted by atomic mass is 16.5. The SMILES string of the molecule is COc1ccc2c(CN3CC[C@@H](c4ccccc4)C3)cc(=O)oc2c1. The second-order valence-corrected chi connectivity index (χ2v) is 6.58. The standard InChI is InChI=1S/C21H21NO3/c1-24-18-7-8-19-17(11-21(23)25-20(19)12-18)14-22-10-9-16(13-22)15-5-3-2-4-6-15/h2-8,11-12,16H,9-10,13-14H2,1H3/t16-/m1/s1. The zero-order valence-electron chi connectivity index (χ0n) is 14.3. The maximum absolute atomic E-state index is 11.9. The highest BCUT2D eigenvalue weighted by Gasteiger charge is 2.24. The van der Waals surface area contributed by atoms with Crippen molar-refractivity contribution in [3.8, 4) is 5.75 Å². The van der Waals surface area contributed by atoms with Crippen LogP contribution in [0.15, 0.2) is 63.8 Å². The molecule has 1 aromatic heterocycles. The molecule has 1 aliphatic rings. The van der Waals surface area contributed by atoms with E-state index in [2.05, 4.69) is 35.2 Å². The normalized spacial score (nSPS) is 17.9. The highest BCUT2D eigenvalue weighted by Crippen LogP contribution is 2.29. The zero-order valence-corrected chi connectivity index (χ0v) is 14.3. The van der Waals surface area contributed by atoms with Crippen molar-refractivity contribution in [2.24, 2.45) is 0 Å². The van der Waals surface area contributed by atoms with Crippen LogP contribution >= 0.6 is 0 Å². The van der Waals surface area contributed by atoms with Gasteiger partial charge in [-0.3, -0.25) is 4.90 Å². The number of fused-ring (bicyclic) bond motifs is 1. The molecule has 0 bridgehead atoms. The van der Waals surface area contributed by atoms with Crippen molar-refractivity contribution in [1.29, 1.82) is 0 Å². The van der Waals surface area contributed by atoms with E-state index in [0.29, 0.717) is 17.3 Å². The molecule has 4 nitrogen and oxygen atoms in total. The van der Waals surface area contributed by atoms with Crippen molar-refractivity contribution >= 4 is 11.0 Å². The van der Waals surface area contributed by atoms with Gasteiger partial charge in [0, 0.05) is 30.6 Å². The number of benzene rings is 2. The summed E-state index contributed by atoms with van der Waals surface area (Å²) < 4.78 is 10.6. The molecule has 0 spiro atoms. The number of hydrogen-bond acceptors (Lipinski definition) is 4. The molecular formula is C21H21NO3. The van der Waals surface area contributed by atoms with Crippen LogP contribution < -0.4 is 10.4 Å². The number of ether oxygens (including phenoxy) is 1. The maximum atomic E-state index is 11.9. The Morgan fingerprint density at radius 1 is 1.16 bits per heavy atom. The van der Waals surface area contributed by atoms with E-state index in [1.165, 1.54) is 5.56 Å². The predicted molar refractivity (Wildman–Crippen MR) is 98.1 cm³/mol. The van der Waals surface area contributed by atoms with Gasteiger partial charge in [-0.1, -0.05) is 30.3 Å². The summed E-state index contributed by atoms with van der Waals surface area (Å²) in [5.74, 6) is 1.26. The summed E-state index contributed by atoms with van der Waals surface area (Å²) in [4.78, 5) is 14.4. The molecule has 1 saturated heterocycles. The third-order valence-electron chi connectivity index (χ3n) is 4.97. The average Bonchev–Trinajstić information content (AvgIpc) is 3.10. The van der Waals surface area contributed by atoms with Crippen LogP contribution in [0, 0.1) is 0 Å². The van der Waals surface area contributed by atoms with Crippen LogP contribution in [0.3, 0.4) is 0 Å². The van der Waals surface area contributed by atoms with Crippen LogP contribution in [0.4, 0.5) is 0 Å². The third-order valence-corrected chi connectivity index (χ3v) is 4.97. The van der Waals surface area contributed by atoms with E-state index in [1.54, 1.807) is 19.2 Å². The summed E-state index contributed by atoms with van der Waals surface area (Å²) in [7, 11) is 1.61. The van der Waals surface area contributed by atoms with Crippen LogP contribution in [0.1, 0.15) is 23.5 Å². The van der Waals surface area contributed by atoms with Gasteiger partial charge in [0.2, 0.25) is 0 Å². The fourth-order valence-corrected chi connectivity index (χ4v) is 3.68. The van der Waals surface area contributed by atoms with Gasteiger partial charge in [-0.15, -0.1) is 0 Å². The van der Waals surface area contributed by atoms with E-state index in [0.717, 1.165) is 37.0 Å². The van der Waals surface area contributed by atoms with Crippen LogP contribution in [-0.4, -0.2) is 25.1 Å². The molecule has 128 valence electrons. The molecule has 0 unspecified atom stereocenters. The second-order valence-electron chi connectivity index (χ2n) is 6.58. The molecule has 0 aliphatic carbocycles. The fraction of sp³-hybridized carbons (Fsp3) is 0.286. The first-order valence-corrected chi connectivity index (χ1v) is 8.61. The van der Waals surface area contributed by atoms with Crippen LogP contribution in [0.2, 0.25) is 0 Å². The highest BCUT2D eigenvalue weighted by molar-refractivity contribution is 5.81. The van der Waals surface area contributed by atoms with Crippen molar-refractivity contribution in [2.75, 3.05) is 20.2 Å². The van der Waals surface area contributed by atoms with Crippen LogP contribution in [0.25, 0.3) is 11.0 Å². The summed E-state index contributed by atoms with van der Waals surface area (Å²) in [5, 5.41) is 0.976. The van der Waals surface area contributed by atoms with Gasteiger partial charge in [-0.2, -0.15) is 0 Å². The van der Waals surface area contributed by atoms with Crippen molar-refractivity contribution < 1.29 is 9.15 Å². The van der Waals surface area contributed by atoms with Gasteiger partial charge >= 0.3 is 5.63 Å². The minimum Gasteiger partial charge on any atom is -0.497 e. The van der Waals surface area contributed by atoms with Crippen molar-refractivity contribution in [3.63, 3.8) is 0 Å². The van der Waals surface area contributed by atoms with E-state index in [1.807, 2.05) is 12.1 Å². The molecule has 4 heteroatoms. The van der Waals surface area contributed by atoms with Gasteiger partial charge in [-0.05, 0) is 42.1 Å². The van der Waals surface area contributed by atoms with E-state index < -0.39 is 0 Å². The van der Waals surface area contributed by atoms with E-state index in [-0.39, 0.29) is 5.63 Å². The van der Waals surface area contributed by atoms with Gasteiger partial charge in [0.15, 0.2) is 0 Å². The number of rotatable bonds is 4. The number of methoxy groups -OCH3 is 1. The summed E-state index contributed by atoms with van der Waals surface area (Å²) in [5.41, 5.74) is 2.69. The first kappa shape index (κ1) is 15.9. The summed E-state index contributed by atoms with van der Waals surface area (Å²) in [6.07, 6.45) is 1.15. The topological polar surface area (TPSA) is 42.7 Å². The summed E-state index contributed by atoms with van der Waals surface area (Å²) in [6, 6.07) is 17.9. The Kier molecular flexibility index (Phi) is 4.28. The van der Waals surface area contributed by atoms with Crippen molar-refractivity contribution in [3.05, 3.63) is 76.1 Å². The minimum absolute atomic E-state index is 0.311. The summed E-state index contributed by atoms with van der Waals surface area (Å²) >= 11 is 0. The first-order chi connectivity index (χ1) is 12.2. The summed E-state index contributed by atoms with van der Waals surface area (Å²) in [6.45, 7) is 2.82. The first-order valence-electron chi connectivity index (χ1n) is 8.61. The largest absolute Gasteiger partial charge is 0.497 e. The molecule has 0 amide bonds. The molecule has 0 radical (unpaired) electrons. The van der Waals surface area contributed by atoms with E-state index in [4.69, 9.17) is 9.15 Å². The third kappa shape index (κ3) is 3.30. The second kappa shape index (κ2) is 6.73. The quantitative estimate of drug-likeness (QED) is 0.680. The molecule has 0 saturated carbocycles. The molecule has 0 N–H and O–H groups in total. The molecule has 3 aromatic rings. The molecule has 4 rings (SSSR count). The van der Waals surface area contributed by atoms with Crippen molar-refractivity contribution in [1.82, 2.24) is 4.90 Å². The lowest BCUT2D eigenvalue weighted by Crippen LogP contribution is -2.20. The van der Waals surface area contributed by atoms with Gasteiger partial charge in [0.1, 0.15) is 11.3 Å². The predicted octanol–water partition coefficient (Wildman–Crippen LogP) is 3.79. The zero-order chi connectivity index (χ0) is 17.2. The van der Waals surface area contributed by atoms with E-state index in [9.17, 15) is 4.79 Å². The molecule has 25 heavy (non-hydrogen) atoms. The molecule has 1 aliphatic heterocycles. The molecule has 2 aromatic carbocycles. The number of likely N-dealkylation sites (tertiary alicyclic amines) is 1. The smallest absolute Gasteiger partial charge is 0.336 e. The Balaban J connectivity index is 1.58. The monoisotopic (exact) mass is 335 g/mol. The van der Waals surface area contributed by atoms with Crippen LogP contribution in [0.5, 0.6) is 5.75 Å². The Bertz CT molecular complexity index is 933. The fourth-order valence-electron chi connectivity index (χ4n) is 3.68. The van der Waals surface area contributed by atoms with Gasteiger partial charge < -0.3 is 9.15 Å². The lowest BCUT2D eigenvalue weighted by Gasteiger charge is -2.17. The van der Waals surface area contributed by atoms with Gasteiger partial charge in [-0.25, -0.2) is 4.79 Å². The van der Waals surface area contributed by atoms with Gasteiger partial charge in [0.05, 0.1) is 7.11 Å². The molecular weight excluding hydrogens is 314 g/mol. The van der Waals surface area contributed by atoms with E-state index >= 15 is 0 Å². The minimum atomic E-state index is -0.311. The molecule has 2 heterocycles. The Labute approximate surface area is 146 Å². The lowest BCUT2D eigenvalue weighted by atomic mass is 9.99. The lowest BCUT2D eigenvalue weighted by molar-refractivity contribution is 0.327.